The molecule has 0 aliphatic rings. The number of carboxylic acids is 1. The molecular weight excluding hydrogens is 222 g/mol. The van der Waals surface area contributed by atoms with Crippen LogP contribution in [0.4, 0.5) is 0 Å². The van der Waals surface area contributed by atoms with Crippen molar-refractivity contribution in [3.63, 3.8) is 0 Å². The van der Waals surface area contributed by atoms with E-state index < -0.39 is 12.0 Å². The Balaban J connectivity index is 2.53. The van der Waals surface area contributed by atoms with Gasteiger partial charge in [0.25, 0.3) is 0 Å². The number of hydrogen-bond donors (Lipinski definition) is 3. The van der Waals surface area contributed by atoms with Crippen LogP contribution in [0.2, 0.25) is 0 Å². The van der Waals surface area contributed by atoms with Crippen LogP contribution in [-0.2, 0) is 9.59 Å². The maximum absolute atomic E-state index is 11.4. The molecule has 17 heavy (non-hydrogen) atoms. The van der Waals surface area contributed by atoms with E-state index in [0.29, 0.717) is 0 Å². The lowest BCUT2D eigenvalue weighted by Crippen LogP contribution is -2.30. The van der Waals surface area contributed by atoms with Gasteiger partial charge in [0.15, 0.2) is 0 Å². The van der Waals surface area contributed by atoms with Gasteiger partial charge in [0.2, 0.25) is 5.91 Å². The Morgan fingerprint density at radius 3 is 2.35 bits per heavy atom. The summed E-state index contributed by atoms with van der Waals surface area (Å²) < 4.78 is 0. The zero-order valence-electron chi connectivity index (χ0n) is 9.30. The molecule has 0 radical (unpaired) electrons. The Hall–Kier alpha value is -1.88. The van der Waals surface area contributed by atoms with Crippen LogP contribution in [0.1, 0.15) is 24.4 Å². The fourth-order valence-electron chi connectivity index (χ4n) is 1.41. The molecule has 92 valence electrons. The third-order valence-corrected chi connectivity index (χ3v) is 2.29. The molecule has 0 fully saturated rings. The Labute approximate surface area is 99.1 Å². The van der Waals surface area contributed by atoms with Crippen LogP contribution in [0.25, 0.3) is 0 Å². The highest BCUT2D eigenvalue weighted by Crippen LogP contribution is 2.11. The van der Waals surface area contributed by atoms with Crippen molar-refractivity contribution in [2.75, 3.05) is 6.61 Å². The van der Waals surface area contributed by atoms with Crippen molar-refractivity contribution in [2.45, 2.75) is 18.9 Å². The standard InChI is InChI=1S/C12H15NO4/c14-8-10(9-4-2-1-3-5-9)13-11(15)6-7-12(16)17/h1-5,10,14H,6-8H2,(H,13,15)(H,16,17). The summed E-state index contributed by atoms with van der Waals surface area (Å²) in [6, 6.07) is 8.54. The summed E-state index contributed by atoms with van der Waals surface area (Å²) in [4.78, 5) is 21.7. The summed E-state index contributed by atoms with van der Waals surface area (Å²) >= 11 is 0. The lowest BCUT2D eigenvalue weighted by atomic mass is 10.1. The van der Waals surface area contributed by atoms with Gasteiger partial charge >= 0.3 is 5.97 Å². The zero-order chi connectivity index (χ0) is 12.7. The Morgan fingerprint density at radius 1 is 1.18 bits per heavy atom. The van der Waals surface area contributed by atoms with E-state index in [4.69, 9.17) is 5.11 Å². The van der Waals surface area contributed by atoms with Gasteiger partial charge in [-0.3, -0.25) is 9.59 Å². The highest BCUT2D eigenvalue weighted by molar-refractivity contribution is 5.80. The van der Waals surface area contributed by atoms with E-state index in [0.717, 1.165) is 5.56 Å². The first-order chi connectivity index (χ1) is 8.13. The topological polar surface area (TPSA) is 86.6 Å². The van der Waals surface area contributed by atoms with Crippen LogP contribution >= 0.6 is 0 Å². The maximum atomic E-state index is 11.4. The molecule has 1 atom stereocenters. The van der Waals surface area contributed by atoms with Crippen molar-refractivity contribution >= 4 is 11.9 Å². The molecule has 1 aromatic carbocycles. The number of carbonyl (C=O) groups excluding carboxylic acids is 1. The third kappa shape index (κ3) is 4.65. The van der Waals surface area contributed by atoms with Crippen LogP contribution in [0.5, 0.6) is 0 Å². The number of carboxylic acid groups (broad SMARTS) is 1. The minimum absolute atomic E-state index is 0.0847. The van der Waals surface area contributed by atoms with Gasteiger partial charge in [-0.25, -0.2) is 0 Å². The molecular formula is C12H15NO4. The molecule has 0 bridgehead atoms. The van der Waals surface area contributed by atoms with E-state index in [1.54, 1.807) is 24.3 Å². The fourth-order valence-corrected chi connectivity index (χ4v) is 1.41. The van der Waals surface area contributed by atoms with Gasteiger partial charge in [0.1, 0.15) is 0 Å². The van der Waals surface area contributed by atoms with Gasteiger partial charge < -0.3 is 15.5 Å². The lowest BCUT2D eigenvalue weighted by molar-refractivity contribution is -0.139. The molecule has 0 saturated carbocycles. The maximum Gasteiger partial charge on any atom is 0.303 e. The van der Waals surface area contributed by atoms with Crippen LogP contribution < -0.4 is 5.32 Å². The van der Waals surface area contributed by atoms with Crippen molar-refractivity contribution in [3.8, 4) is 0 Å². The second kappa shape index (κ2) is 6.65. The van der Waals surface area contributed by atoms with Gasteiger partial charge in [0, 0.05) is 6.42 Å². The second-order valence-electron chi connectivity index (χ2n) is 3.61. The van der Waals surface area contributed by atoms with Crippen molar-refractivity contribution in [3.05, 3.63) is 35.9 Å². The minimum Gasteiger partial charge on any atom is -0.481 e. The average Bonchev–Trinajstić information content (AvgIpc) is 2.34. The first kappa shape index (κ1) is 13.2. The summed E-state index contributed by atoms with van der Waals surface area (Å²) in [7, 11) is 0. The molecule has 0 saturated heterocycles. The number of hydrogen-bond acceptors (Lipinski definition) is 3. The predicted octanol–water partition coefficient (Wildman–Crippen LogP) is 0.701. The number of aliphatic carboxylic acids is 1. The van der Waals surface area contributed by atoms with Crippen LogP contribution in [0, 0.1) is 0 Å². The van der Waals surface area contributed by atoms with Crippen molar-refractivity contribution < 1.29 is 19.8 Å². The molecule has 1 amide bonds. The normalized spacial score (nSPS) is 11.8. The smallest absolute Gasteiger partial charge is 0.303 e. The number of rotatable bonds is 6. The quantitative estimate of drug-likeness (QED) is 0.679. The van der Waals surface area contributed by atoms with Crippen LogP contribution in [-0.4, -0.2) is 28.7 Å². The number of benzene rings is 1. The molecule has 0 aliphatic carbocycles. The number of aliphatic hydroxyl groups is 1. The van der Waals surface area contributed by atoms with E-state index in [1.165, 1.54) is 0 Å². The SMILES string of the molecule is O=C(O)CCC(=O)NC(CO)c1ccccc1. The summed E-state index contributed by atoms with van der Waals surface area (Å²) in [5, 5.41) is 20.2. The Kier molecular flexibility index (Phi) is 5.16. The fraction of sp³-hybridized carbons (Fsp3) is 0.333. The van der Waals surface area contributed by atoms with Gasteiger partial charge in [-0.15, -0.1) is 0 Å². The van der Waals surface area contributed by atoms with Gasteiger partial charge in [-0.2, -0.15) is 0 Å². The molecule has 3 N–H and O–H groups in total. The molecule has 5 nitrogen and oxygen atoms in total. The Bertz CT molecular complexity index is 377. The van der Waals surface area contributed by atoms with Crippen molar-refractivity contribution in [2.24, 2.45) is 0 Å². The number of aliphatic hydroxyl groups excluding tert-OH is 1. The molecule has 1 rings (SSSR count). The van der Waals surface area contributed by atoms with E-state index in [1.807, 2.05) is 6.07 Å². The minimum atomic E-state index is -1.01. The predicted molar refractivity (Wildman–Crippen MR) is 61.3 cm³/mol. The first-order valence-electron chi connectivity index (χ1n) is 5.30. The van der Waals surface area contributed by atoms with Crippen molar-refractivity contribution in [1.29, 1.82) is 0 Å². The largest absolute Gasteiger partial charge is 0.481 e. The molecule has 0 heterocycles. The zero-order valence-corrected chi connectivity index (χ0v) is 9.30. The highest BCUT2D eigenvalue weighted by atomic mass is 16.4. The molecule has 0 aromatic heterocycles. The third-order valence-electron chi connectivity index (χ3n) is 2.29. The number of carbonyl (C=O) groups is 2. The lowest BCUT2D eigenvalue weighted by Gasteiger charge is -2.16. The number of amides is 1. The molecule has 1 unspecified atom stereocenters. The van der Waals surface area contributed by atoms with Crippen LogP contribution in [0.15, 0.2) is 30.3 Å². The summed E-state index contributed by atoms with van der Waals surface area (Å²) in [5.74, 6) is -1.39. The van der Waals surface area contributed by atoms with Gasteiger partial charge in [-0.05, 0) is 5.56 Å². The first-order valence-corrected chi connectivity index (χ1v) is 5.30. The van der Waals surface area contributed by atoms with Crippen molar-refractivity contribution in [1.82, 2.24) is 5.32 Å². The summed E-state index contributed by atoms with van der Waals surface area (Å²) in [5.41, 5.74) is 0.790. The summed E-state index contributed by atoms with van der Waals surface area (Å²) in [6.45, 7) is -0.219. The van der Waals surface area contributed by atoms with E-state index >= 15 is 0 Å². The average molecular weight is 237 g/mol. The van der Waals surface area contributed by atoms with E-state index in [2.05, 4.69) is 5.32 Å². The van der Waals surface area contributed by atoms with Gasteiger partial charge in [0.05, 0.1) is 19.1 Å². The van der Waals surface area contributed by atoms with E-state index in [9.17, 15) is 14.7 Å². The molecule has 5 heteroatoms. The highest BCUT2D eigenvalue weighted by Gasteiger charge is 2.13. The monoisotopic (exact) mass is 237 g/mol. The molecule has 0 spiro atoms. The molecule has 1 aromatic rings. The molecule has 0 aliphatic heterocycles. The van der Waals surface area contributed by atoms with E-state index in [-0.39, 0.29) is 25.4 Å². The summed E-state index contributed by atoms with van der Waals surface area (Å²) in [6.07, 6.45) is -0.294. The second-order valence-corrected chi connectivity index (χ2v) is 3.61. The Morgan fingerprint density at radius 2 is 1.82 bits per heavy atom. The van der Waals surface area contributed by atoms with Gasteiger partial charge in [-0.1, -0.05) is 30.3 Å². The number of nitrogens with one attached hydrogen (secondary N) is 1. The van der Waals surface area contributed by atoms with Crippen LogP contribution in [0.3, 0.4) is 0 Å².